The van der Waals surface area contributed by atoms with Gasteiger partial charge in [-0.05, 0) is 0 Å². The average molecular weight is 218 g/mol. The lowest BCUT2D eigenvalue weighted by Crippen LogP contribution is -2.34. The second kappa shape index (κ2) is 3.59. The molecule has 0 spiro atoms. The van der Waals surface area contributed by atoms with Crippen molar-refractivity contribution in [3.63, 3.8) is 0 Å². The molecule has 0 aromatic carbocycles. The molecule has 1 aromatic rings. The van der Waals surface area contributed by atoms with Crippen LogP contribution in [0.3, 0.4) is 0 Å². The minimum Gasteiger partial charge on any atom is -0.352 e. The Labute approximate surface area is 84.8 Å². The van der Waals surface area contributed by atoms with Crippen molar-refractivity contribution < 1.29 is 4.79 Å². The minimum atomic E-state index is 0.315. The fraction of sp³-hybridized carbons (Fsp3) is 0.571. The molecule has 0 atom stereocenters. The van der Waals surface area contributed by atoms with Crippen LogP contribution in [0.5, 0.6) is 0 Å². The van der Waals surface area contributed by atoms with Gasteiger partial charge in [-0.15, -0.1) is 0 Å². The largest absolute Gasteiger partial charge is 0.352 e. The Morgan fingerprint density at radius 2 is 2.00 bits per heavy atom. The number of rotatable bonds is 1. The van der Waals surface area contributed by atoms with Crippen molar-refractivity contribution in [3.05, 3.63) is 5.15 Å². The summed E-state index contributed by atoms with van der Waals surface area (Å²) in [6.07, 6.45) is 1.18. The number of aromatic nitrogens is 2. The van der Waals surface area contributed by atoms with Crippen molar-refractivity contribution in [2.24, 2.45) is 0 Å². The third-order valence-electron chi connectivity index (χ3n) is 2.05. The van der Waals surface area contributed by atoms with E-state index in [4.69, 9.17) is 11.6 Å². The molecule has 1 saturated heterocycles. The molecule has 13 heavy (non-hydrogen) atoms. The van der Waals surface area contributed by atoms with E-state index in [2.05, 4.69) is 8.75 Å². The van der Waals surface area contributed by atoms with Gasteiger partial charge in [0.2, 0.25) is 0 Å². The van der Waals surface area contributed by atoms with Crippen molar-refractivity contribution in [2.75, 3.05) is 18.0 Å². The molecule has 6 heteroatoms. The molecule has 0 bridgehead atoms. The molecule has 2 heterocycles. The zero-order valence-corrected chi connectivity index (χ0v) is 8.44. The summed E-state index contributed by atoms with van der Waals surface area (Å²) >= 11 is 6.92. The van der Waals surface area contributed by atoms with Crippen molar-refractivity contribution >= 4 is 34.9 Å². The number of ketones is 1. The lowest BCUT2D eigenvalue weighted by molar-refractivity contribution is -0.119. The van der Waals surface area contributed by atoms with Crippen LogP contribution in [0.2, 0.25) is 5.15 Å². The van der Waals surface area contributed by atoms with Crippen molar-refractivity contribution in [2.45, 2.75) is 12.8 Å². The van der Waals surface area contributed by atoms with E-state index in [1.807, 2.05) is 4.90 Å². The number of nitrogens with zero attached hydrogens (tertiary/aromatic N) is 3. The second-order valence-corrected chi connectivity index (χ2v) is 3.79. The van der Waals surface area contributed by atoms with Crippen LogP contribution < -0.4 is 4.90 Å². The van der Waals surface area contributed by atoms with Gasteiger partial charge in [-0.2, -0.15) is 8.75 Å². The first-order valence-electron chi connectivity index (χ1n) is 4.02. The van der Waals surface area contributed by atoms with Gasteiger partial charge in [-0.1, -0.05) is 11.6 Å². The molecular weight excluding hydrogens is 210 g/mol. The molecule has 4 nitrogen and oxygen atoms in total. The molecule has 0 aliphatic carbocycles. The molecule has 1 aliphatic rings. The van der Waals surface area contributed by atoms with E-state index in [0.717, 1.165) is 17.5 Å². The van der Waals surface area contributed by atoms with E-state index in [0.29, 0.717) is 36.9 Å². The summed E-state index contributed by atoms with van der Waals surface area (Å²) in [6.45, 7) is 1.42. The summed E-state index contributed by atoms with van der Waals surface area (Å²) in [5.41, 5.74) is 0. The molecule has 0 unspecified atom stereocenters. The molecule has 2 rings (SSSR count). The highest BCUT2D eigenvalue weighted by Crippen LogP contribution is 2.24. The predicted octanol–water partition coefficient (Wildman–Crippen LogP) is 1.36. The van der Waals surface area contributed by atoms with E-state index in [1.54, 1.807) is 0 Å². The number of anilines is 1. The number of hydrogen-bond acceptors (Lipinski definition) is 5. The van der Waals surface area contributed by atoms with Crippen LogP contribution in [0.4, 0.5) is 5.82 Å². The number of hydrogen-bond donors (Lipinski definition) is 0. The number of carbonyl (C=O) groups excluding carboxylic acids is 1. The normalized spacial score (nSPS) is 17.9. The van der Waals surface area contributed by atoms with Gasteiger partial charge >= 0.3 is 0 Å². The Kier molecular flexibility index (Phi) is 2.46. The molecule has 0 N–H and O–H groups in total. The number of piperidine rings is 1. The van der Waals surface area contributed by atoms with Gasteiger partial charge in [-0.25, -0.2) is 0 Å². The fourth-order valence-electron chi connectivity index (χ4n) is 1.33. The maximum atomic E-state index is 11.0. The lowest BCUT2D eigenvalue weighted by atomic mass is 10.1. The van der Waals surface area contributed by atoms with Crippen LogP contribution in [0.1, 0.15) is 12.8 Å². The quantitative estimate of drug-likeness (QED) is 0.713. The summed E-state index contributed by atoms with van der Waals surface area (Å²) in [5.74, 6) is 1.04. The average Bonchev–Trinajstić information content (AvgIpc) is 2.53. The summed E-state index contributed by atoms with van der Waals surface area (Å²) in [7, 11) is 0. The van der Waals surface area contributed by atoms with Gasteiger partial charge in [0.1, 0.15) is 5.78 Å². The van der Waals surface area contributed by atoms with E-state index >= 15 is 0 Å². The number of carbonyl (C=O) groups is 1. The molecule has 70 valence electrons. The molecule has 1 aromatic heterocycles. The van der Waals surface area contributed by atoms with Gasteiger partial charge in [0.25, 0.3) is 0 Å². The highest BCUT2D eigenvalue weighted by Gasteiger charge is 2.20. The summed E-state index contributed by atoms with van der Waals surface area (Å²) in [4.78, 5) is 13.0. The molecule has 0 radical (unpaired) electrons. The van der Waals surface area contributed by atoms with E-state index < -0.39 is 0 Å². The van der Waals surface area contributed by atoms with Crippen LogP contribution in [0.25, 0.3) is 0 Å². The fourth-order valence-corrected chi connectivity index (χ4v) is 2.11. The highest BCUT2D eigenvalue weighted by molar-refractivity contribution is 6.99. The zero-order chi connectivity index (χ0) is 9.26. The summed E-state index contributed by atoms with van der Waals surface area (Å²) in [5, 5.41) is 0.444. The maximum absolute atomic E-state index is 11.0. The van der Waals surface area contributed by atoms with Crippen LogP contribution >= 0.6 is 23.3 Å². The third kappa shape index (κ3) is 1.81. The van der Waals surface area contributed by atoms with E-state index in [9.17, 15) is 4.79 Å². The van der Waals surface area contributed by atoms with Gasteiger partial charge < -0.3 is 4.90 Å². The predicted molar refractivity (Wildman–Crippen MR) is 51.4 cm³/mol. The van der Waals surface area contributed by atoms with Crippen molar-refractivity contribution in [1.82, 2.24) is 8.75 Å². The number of halogens is 1. The van der Waals surface area contributed by atoms with Crippen LogP contribution in [-0.2, 0) is 4.79 Å². The molecule has 1 fully saturated rings. The first-order valence-corrected chi connectivity index (χ1v) is 5.13. The standard InChI is InChI=1S/C7H8ClN3OS/c8-6-7(10-13-9-6)11-3-1-5(12)2-4-11/h1-4H2. The summed E-state index contributed by atoms with van der Waals surface area (Å²) in [6, 6.07) is 0. The van der Waals surface area contributed by atoms with Gasteiger partial charge in [-0.3, -0.25) is 4.79 Å². The molecule has 0 saturated carbocycles. The number of Topliss-reactive ketones (excluding diaryl/α,β-unsaturated/α-hetero) is 1. The molecular formula is C7H8ClN3OS. The Hall–Kier alpha value is -0.680. The van der Waals surface area contributed by atoms with Crippen molar-refractivity contribution in [1.29, 1.82) is 0 Å². The van der Waals surface area contributed by atoms with Crippen LogP contribution in [0.15, 0.2) is 0 Å². The van der Waals surface area contributed by atoms with Crippen molar-refractivity contribution in [3.8, 4) is 0 Å². The van der Waals surface area contributed by atoms with Gasteiger partial charge in [0.05, 0.1) is 11.7 Å². The molecule has 0 amide bonds. The minimum absolute atomic E-state index is 0.315. The summed E-state index contributed by atoms with van der Waals surface area (Å²) < 4.78 is 7.96. The SMILES string of the molecule is O=C1CCN(c2nsnc2Cl)CC1. The van der Waals surface area contributed by atoms with Crippen LogP contribution in [0, 0.1) is 0 Å². The lowest BCUT2D eigenvalue weighted by Gasteiger charge is -2.25. The second-order valence-electron chi connectivity index (χ2n) is 2.90. The zero-order valence-electron chi connectivity index (χ0n) is 6.86. The first kappa shape index (κ1) is 8.90. The topological polar surface area (TPSA) is 46.1 Å². The van der Waals surface area contributed by atoms with E-state index in [1.165, 1.54) is 0 Å². The third-order valence-corrected chi connectivity index (χ3v) is 2.93. The Bertz CT molecular complexity index is 317. The van der Waals surface area contributed by atoms with Gasteiger partial charge in [0, 0.05) is 25.9 Å². The smallest absolute Gasteiger partial charge is 0.187 e. The van der Waals surface area contributed by atoms with Crippen LogP contribution in [-0.4, -0.2) is 27.6 Å². The maximum Gasteiger partial charge on any atom is 0.187 e. The van der Waals surface area contributed by atoms with Gasteiger partial charge in [0.15, 0.2) is 11.0 Å². The Balaban J connectivity index is 2.10. The Morgan fingerprint density at radius 3 is 2.54 bits per heavy atom. The highest BCUT2D eigenvalue weighted by atomic mass is 35.5. The Morgan fingerprint density at radius 1 is 1.31 bits per heavy atom. The first-order chi connectivity index (χ1) is 6.27. The molecule has 1 aliphatic heterocycles. The monoisotopic (exact) mass is 217 g/mol. The van der Waals surface area contributed by atoms with E-state index in [-0.39, 0.29) is 0 Å².